The quantitative estimate of drug-likeness (QED) is 0.779. The van der Waals surface area contributed by atoms with Gasteiger partial charge in [-0.3, -0.25) is 0 Å². The molecule has 1 unspecified atom stereocenters. The van der Waals surface area contributed by atoms with Crippen LogP contribution >= 0.6 is 0 Å². The summed E-state index contributed by atoms with van der Waals surface area (Å²) < 4.78 is 35.0. The standard InChI is InChI=1S/C17H24N4O3S/c1-24-17-9-5-4-8-16(17)21-12-14(11-19-21)25(22,23)20-15(10-18)13-6-2-3-7-13/h4-5,8-9,11-13,15,20H,2-3,6-7,10,18H2,1H3. The van der Waals surface area contributed by atoms with Crippen molar-refractivity contribution in [1.82, 2.24) is 14.5 Å². The lowest BCUT2D eigenvalue weighted by atomic mass is 9.99. The predicted molar refractivity (Wildman–Crippen MR) is 95.2 cm³/mol. The van der Waals surface area contributed by atoms with Gasteiger partial charge in [0.05, 0.1) is 19.5 Å². The van der Waals surface area contributed by atoms with E-state index in [1.807, 2.05) is 18.2 Å². The second-order valence-electron chi connectivity index (χ2n) is 6.30. The third kappa shape index (κ3) is 3.86. The maximum absolute atomic E-state index is 12.7. The number of ether oxygens (including phenoxy) is 1. The Labute approximate surface area is 148 Å². The zero-order valence-electron chi connectivity index (χ0n) is 14.3. The maximum atomic E-state index is 12.7. The van der Waals surface area contributed by atoms with Crippen LogP contribution in [-0.2, 0) is 10.0 Å². The molecule has 25 heavy (non-hydrogen) atoms. The summed E-state index contributed by atoms with van der Waals surface area (Å²) in [7, 11) is -2.11. The van der Waals surface area contributed by atoms with E-state index >= 15 is 0 Å². The summed E-state index contributed by atoms with van der Waals surface area (Å²) in [6.07, 6.45) is 7.14. The fourth-order valence-corrected chi connectivity index (χ4v) is 4.61. The number of hydrogen-bond acceptors (Lipinski definition) is 5. The Morgan fingerprint density at radius 1 is 1.36 bits per heavy atom. The average Bonchev–Trinajstić information content (AvgIpc) is 3.31. The predicted octanol–water partition coefficient (Wildman–Crippen LogP) is 1.68. The molecule has 1 aromatic heterocycles. The van der Waals surface area contributed by atoms with Crippen LogP contribution in [0.25, 0.3) is 5.69 Å². The summed E-state index contributed by atoms with van der Waals surface area (Å²) in [5.74, 6) is 0.928. The van der Waals surface area contributed by atoms with Gasteiger partial charge >= 0.3 is 0 Å². The van der Waals surface area contributed by atoms with Crippen molar-refractivity contribution in [1.29, 1.82) is 0 Å². The van der Waals surface area contributed by atoms with Gasteiger partial charge in [-0.15, -0.1) is 0 Å². The fraction of sp³-hybridized carbons (Fsp3) is 0.471. The van der Waals surface area contributed by atoms with E-state index in [0.717, 1.165) is 25.7 Å². The lowest BCUT2D eigenvalue weighted by Gasteiger charge is -2.22. The van der Waals surface area contributed by atoms with Gasteiger partial charge < -0.3 is 10.5 Å². The molecular weight excluding hydrogens is 340 g/mol. The average molecular weight is 364 g/mol. The number of nitrogens with two attached hydrogens (primary N) is 1. The van der Waals surface area contributed by atoms with Gasteiger partial charge in [0.1, 0.15) is 16.3 Å². The summed E-state index contributed by atoms with van der Waals surface area (Å²) in [4.78, 5) is 0.120. The Morgan fingerprint density at radius 3 is 2.76 bits per heavy atom. The first-order valence-electron chi connectivity index (χ1n) is 8.45. The molecule has 0 bridgehead atoms. The molecule has 0 amide bonds. The van der Waals surface area contributed by atoms with Crippen molar-refractivity contribution in [3.8, 4) is 11.4 Å². The minimum atomic E-state index is -3.67. The Hall–Kier alpha value is -1.90. The number of para-hydroxylation sites is 2. The SMILES string of the molecule is COc1ccccc1-n1cc(S(=O)(=O)NC(CN)C2CCCC2)cn1. The minimum absolute atomic E-state index is 0.120. The number of benzene rings is 1. The van der Waals surface area contributed by atoms with E-state index in [9.17, 15) is 8.42 Å². The number of aromatic nitrogens is 2. The number of nitrogens with zero attached hydrogens (tertiary/aromatic N) is 2. The summed E-state index contributed by atoms with van der Waals surface area (Å²) in [6.45, 7) is 0.296. The molecule has 7 nitrogen and oxygen atoms in total. The summed E-state index contributed by atoms with van der Waals surface area (Å²) in [5.41, 5.74) is 6.49. The van der Waals surface area contributed by atoms with E-state index in [0.29, 0.717) is 23.9 Å². The van der Waals surface area contributed by atoms with E-state index in [2.05, 4.69) is 9.82 Å². The van der Waals surface area contributed by atoms with Crippen LogP contribution in [0.3, 0.4) is 0 Å². The van der Waals surface area contributed by atoms with Gasteiger partial charge in [-0.05, 0) is 30.9 Å². The van der Waals surface area contributed by atoms with Crippen molar-refractivity contribution in [2.24, 2.45) is 11.7 Å². The van der Waals surface area contributed by atoms with Crippen LogP contribution in [0.1, 0.15) is 25.7 Å². The van der Waals surface area contributed by atoms with Gasteiger partial charge in [0.25, 0.3) is 0 Å². The van der Waals surface area contributed by atoms with Crippen molar-refractivity contribution in [3.05, 3.63) is 36.7 Å². The fourth-order valence-electron chi connectivity index (χ4n) is 3.36. The van der Waals surface area contributed by atoms with Crippen LogP contribution in [0.15, 0.2) is 41.6 Å². The Balaban J connectivity index is 1.82. The van der Waals surface area contributed by atoms with Crippen LogP contribution in [0, 0.1) is 5.92 Å². The van der Waals surface area contributed by atoms with Crippen LogP contribution in [-0.4, -0.2) is 37.9 Å². The Bertz CT molecular complexity index is 813. The van der Waals surface area contributed by atoms with Crippen LogP contribution in [0.5, 0.6) is 5.75 Å². The molecule has 0 aliphatic heterocycles. The lowest BCUT2D eigenvalue weighted by Crippen LogP contribution is -2.44. The molecule has 1 aliphatic rings. The van der Waals surface area contributed by atoms with Gasteiger partial charge in [0.2, 0.25) is 10.0 Å². The summed E-state index contributed by atoms with van der Waals surface area (Å²) in [5, 5.41) is 4.18. The molecule has 0 spiro atoms. The van der Waals surface area contributed by atoms with Crippen LogP contribution in [0.4, 0.5) is 0 Å². The van der Waals surface area contributed by atoms with Gasteiger partial charge in [0, 0.05) is 12.6 Å². The molecular formula is C17H24N4O3S. The third-order valence-corrected chi connectivity index (χ3v) is 6.17. The zero-order chi connectivity index (χ0) is 17.9. The molecule has 3 rings (SSSR count). The van der Waals surface area contributed by atoms with E-state index in [1.165, 1.54) is 17.1 Å². The van der Waals surface area contributed by atoms with Crippen LogP contribution < -0.4 is 15.2 Å². The molecule has 2 aromatic rings. The Kier molecular flexibility index (Phi) is 5.41. The molecule has 1 aromatic carbocycles. The molecule has 3 N–H and O–H groups in total. The molecule has 1 saturated carbocycles. The number of nitrogens with one attached hydrogen (secondary N) is 1. The van der Waals surface area contributed by atoms with Gasteiger partial charge in [-0.1, -0.05) is 25.0 Å². The van der Waals surface area contributed by atoms with E-state index in [4.69, 9.17) is 10.5 Å². The molecule has 1 atom stereocenters. The zero-order valence-corrected chi connectivity index (χ0v) is 15.1. The highest BCUT2D eigenvalue weighted by atomic mass is 32.2. The molecule has 136 valence electrons. The molecule has 0 radical (unpaired) electrons. The van der Waals surface area contributed by atoms with Gasteiger partial charge in [0.15, 0.2) is 0 Å². The second-order valence-corrected chi connectivity index (χ2v) is 8.01. The monoisotopic (exact) mass is 364 g/mol. The smallest absolute Gasteiger partial charge is 0.244 e. The third-order valence-electron chi connectivity index (χ3n) is 4.73. The second kappa shape index (κ2) is 7.55. The topological polar surface area (TPSA) is 99.2 Å². The highest BCUT2D eigenvalue weighted by Gasteiger charge is 2.29. The number of sulfonamides is 1. The van der Waals surface area contributed by atoms with Crippen molar-refractivity contribution < 1.29 is 13.2 Å². The van der Waals surface area contributed by atoms with Gasteiger partial charge in [-0.25, -0.2) is 17.8 Å². The lowest BCUT2D eigenvalue weighted by molar-refractivity contribution is 0.405. The molecule has 1 heterocycles. The molecule has 1 fully saturated rings. The summed E-state index contributed by atoms with van der Waals surface area (Å²) >= 11 is 0. The maximum Gasteiger partial charge on any atom is 0.244 e. The van der Waals surface area contributed by atoms with E-state index < -0.39 is 10.0 Å². The number of hydrogen-bond donors (Lipinski definition) is 2. The largest absolute Gasteiger partial charge is 0.494 e. The summed E-state index contributed by atoms with van der Waals surface area (Å²) in [6, 6.07) is 7.07. The molecule has 0 saturated heterocycles. The highest BCUT2D eigenvalue weighted by Crippen LogP contribution is 2.28. The first-order valence-corrected chi connectivity index (χ1v) is 9.94. The number of rotatable bonds is 7. The van der Waals surface area contributed by atoms with Crippen molar-refractivity contribution in [2.45, 2.75) is 36.6 Å². The normalized spacial score (nSPS) is 16.9. The first kappa shape index (κ1) is 17.9. The first-order chi connectivity index (χ1) is 12.0. The Morgan fingerprint density at radius 2 is 2.08 bits per heavy atom. The highest BCUT2D eigenvalue weighted by molar-refractivity contribution is 7.89. The number of methoxy groups -OCH3 is 1. The van der Waals surface area contributed by atoms with Gasteiger partial charge in [-0.2, -0.15) is 5.10 Å². The van der Waals surface area contributed by atoms with Crippen molar-refractivity contribution in [2.75, 3.05) is 13.7 Å². The van der Waals surface area contributed by atoms with Crippen molar-refractivity contribution >= 4 is 10.0 Å². The molecule has 1 aliphatic carbocycles. The van der Waals surface area contributed by atoms with E-state index in [-0.39, 0.29) is 10.9 Å². The van der Waals surface area contributed by atoms with E-state index in [1.54, 1.807) is 13.2 Å². The van der Waals surface area contributed by atoms with Crippen molar-refractivity contribution in [3.63, 3.8) is 0 Å². The minimum Gasteiger partial charge on any atom is -0.494 e. The van der Waals surface area contributed by atoms with Crippen LogP contribution in [0.2, 0.25) is 0 Å². The molecule has 8 heteroatoms.